The summed E-state index contributed by atoms with van der Waals surface area (Å²) in [4.78, 5) is -0.305. The van der Waals surface area contributed by atoms with Gasteiger partial charge in [-0.2, -0.15) is 0 Å². The van der Waals surface area contributed by atoms with E-state index >= 15 is 0 Å². The molecule has 21 heavy (non-hydrogen) atoms. The second-order valence-electron chi connectivity index (χ2n) is 4.83. The van der Waals surface area contributed by atoms with Gasteiger partial charge in [0.15, 0.2) is 11.6 Å². The Morgan fingerprint density at radius 2 is 1.62 bits per heavy atom. The first-order valence-electron chi connectivity index (χ1n) is 6.33. The first kappa shape index (κ1) is 15.6. The fourth-order valence-corrected chi connectivity index (χ4v) is 3.11. The number of hydrogen-bond donors (Lipinski definition) is 1. The predicted molar refractivity (Wildman–Crippen MR) is 76.3 cm³/mol. The molecule has 0 fully saturated rings. The summed E-state index contributed by atoms with van der Waals surface area (Å²) in [5.74, 6) is -2.28. The first-order valence-corrected chi connectivity index (χ1v) is 7.82. The maximum absolute atomic E-state index is 13.1. The van der Waals surface area contributed by atoms with Crippen molar-refractivity contribution in [2.24, 2.45) is 0 Å². The van der Waals surface area contributed by atoms with Gasteiger partial charge in [0.2, 0.25) is 10.0 Å². The van der Waals surface area contributed by atoms with Crippen molar-refractivity contribution in [3.05, 3.63) is 65.2 Å². The average molecular weight is 311 g/mol. The normalized spacial score (nSPS) is 13.1. The Labute approximate surface area is 122 Å². The van der Waals surface area contributed by atoms with Crippen LogP contribution >= 0.6 is 0 Å². The van der Waals surface area contributed by atoms with Crippen LogP contribution in [0.4, 0.5) is 8.78 Å². The van der Waals surface area contributed by atoms with E-state index in [1.165, 1.54) is 0 Å². The molecule has 0 aliphatic carbocycles. The van der Waals surface area contributed by atoms with Crippen molar-refractivity contribution in [2.45, 2.75) is 24.8 Å². The van der Waals surface area contributed by atoms with Crippen molar-refractivity contribution in [3.63, 3.8) is 0 Å². The molecule has 2 aromatic carbocycles. The van der Waals surface area contributed by atoms with Crippen LogP contribution in [-0.2, 0) is 10.0 Å². The van der Waals surface area contributed by atoms with Crippen molar-refractivity contribution >= 4 is 10.0 Å². The van der Waals surface area contributed by atoms with Crippen LogP contribution in [0.5, 0.6) is 0 Å². The maximum Gasteiger partial charge on any atom is 0.241 e. The minimum atomic E-state index is -3.91. The van der Waals surface area contributed by atoms with Gasteiger partial charge in [-0.05, 0) is 37.6 Å². The van der Waals surface area contributed by atoms with Crippen LogP contribution < -0.4 is 4.72 Å². The van der Waals surface area contributed by atoms with Crippen molar-refractivity contribution in [2.75, 3.05) is 0 Å². The molecule has 2 aromatic rings. The Kier molecular flexibility index (Phi) is 4.39. The summed E-state index contributed by atoms with van der Waals surface area (Å²) < 4.78 is 52.7. The lowest BCUT2D eigenvalue weighted by Crippen LogP contribution is -2.27. The van der Waals surface area contributed by atoms with Crippen molar-refractivity contribution in [1.82, 2.24) is 4.72 Å². The Bertz CT molecular complexity index is 743. The maximum atomic E-state index is 13.1. The molecule has 1 N–H and O–H groups in total. The highest BCUT2D eigenvalue weighted by atomic mass is 32.2. The smallest absolute Gasteiger partial charge is 0.207 e. The topological polar surface area (TPSA) is 46.2 Å². The highest BCUT2D eigenvalue weighted by molar-refractivity contribution is 7.89. The van der Waals surface area contributed by atoms with Crippen molar-refractivity contribution in [1.29, 1.82) is 0 Å². The lowest BCUT2D eigenvalue weighted by molar-refractivity contribution is 0.503. The summed E-state index contributed by atoms with van der Waals surface area (Å²) in [5, 5.41) is 0. The van der Waals surface area contributed by atoms with E-state index in [4.69, 9.17) is 0 Å². The van der Waals surface area contributed by atoms with Gasteiger partial charge >= 0.3 is 0 Å². The third-order valence-electron chi connectivity index (χ3n) is 3.11. The Morgan fingerprint density at radius 3 is 2.19 bits per heavy atom. The van der Waals surface area contributed by atoms with Crippen LogP contribution in [-0.4, -0.2) is 8.42 Å². The standard InChI is InChI=1S/C15H15F2NO2S/c1-10-3-5-12(6-4-10)11(2)18-21(19,20)13-7-8-14(16)15(17)9-13/h3-9,11,18H,1-2H3. The number of hydrogen-bond acceptors (Lipinski definition) is 2. The summed E-state index contributed by atoms with van der Waals surface area (Å²) >= 11 is 0. The third-order valence-corrected chi connectivity index (χ3v) is 4.65. The molecule has 112 valence electrons. The van der Waals surface area contributed by atoms with Crippen LogP contribution in [0.1, 0.15) is 24.1 Å². The highest BCUT2D eigenvalue weighted by Crippen LogP contribution is 2.19. The molecule has 0 heterocycles. The van der Waals surface area contributed by atoms with E-state index in [1.807, 2.05) is 31.2 Å². The SMILES string of the molecule is Cc1ccc(C(C)NS(=O)(=O)c2ccc(F)c(F)c2)cc1. The fourth-order valence-electron chi connectivity index (χ4n) is 1.87. The largest absolute Gasteiger partial charge is 0.241 e. The van der Waals surface area contributed by atoms with E-state index in [0.717, 1.165) is 23.3 Å². The number of aryl methyl sites for hydroxylation is 1. The molecule has 0 aliphatic rings. The zero-order valence-electron chi connectivity index (χ0n) is 11.6. The van der Waals surface area contributed by atoms with E-state index < -0.39 is 27.7 Å². The van der Waals surface area contributed by atoms with E-state index in [9.17, 15) is 17.2 Å². The molecule has 1 unspecified atom stereocenters. The minimum absolute atomic E-state index is 0.305. The summed E-state index contributed by atoms with van der Waals surface area (Å²) in [6.07, 6.45) is 0. The van der Waals surface area contributed by atoms with E-state index in [0.29, 0.717) is 6.07 Å². The minimum Gasteiger partial charge on any atom is -0.207 e. The molecule has 2 rings (SSSR count). The molecule has 6 heteroatoms. The van der Waals surface area contributed by atoms with Gasteiger partial charge in [0, 0.05) is 6.04 Å². The van der Waals surface area contributed by atoms with Gasteiger partial charge in [-0.1, -0.05) is 29.8 Å². The van der Waals surface area contributed by atoms with Gasteiger partial charge in [-0.15, -0.1) is 0 Å². The second-order valence-corrected chi connectivity index (χ2v) is 6.54. The van der Waals surface area contributed by atoms with Crippen LogP contribution in [0, 0.1) is 18.6 Å². The van der Waals surface area contributed by atoms with Gasteiger partial charge < -0.3 is 0 Å². The number of nitrogens with one attached hydrogen (secondary N) is 1. The average Bonchev–Trinajstić information content (AvgIpc) is 2.42. The lowest BCUT2D eigenvalue weighted by atomic mass is 10.1. The molecule has 0 amide bonds. The Morgan fingerprint density at radius 1 is 1.00 bits per heavy atom. The molecule has 0 radical (unpaired) electrons. The molecule has 0 aromatic heterocycles. The number of halogens is 2. The molecule has 0 bridgehead atoms. The second kappa shape index (κ2) is 5.91. The van der Waals surface area contributed by atoms with Crippen LogP contribution in [0.25, 0.3) is 0 Å². The Hall–Kier alpha value is -1.79. The highest BCUT2D eigenvalue weighted by Gasteiger charge is 2.19. The number of sulfonamides is 1. The third kappa shape index (κ3) is 3.65. The van der Waals surface area contributed by atoms with Crippen LogP contribution in [0.15, 0.2) is 47.4 Å². The van der Waals surface area contributed by atoms with Crippen molar-refractivity contribution < 1.29 is 17.2 Å². The van der Waals surface area contributed by atoms with Crippen molar-refractivity contribution in [3.8, 4) is 0 Å². The van der Waals surface area contributed by atoms with Gasteiger partial charge in [-0.25, -0.2) is 21.9 Å². The van der Waals surface area contributed by atoms with E-state index in [1.54, 1.807) is 6.92 Å². The summed E-state index contributed by atoms with van der Waals surface area (Å²) in [5.41, 5.74) is 1.85. The molecular formula is C15H15F2NO2S. The Balaban J connectivity index is 2.24. The molecular weight excluding hydrogens is 296 g/mol. The summed E-state index contributed by atoms with van der Waals surface area (Å²) in [6, 6.07) is 9.38. The lowest BCUT2D eigenvalue weighted by Gasteiger charge is -2.15. The fraction of sp³-hybridized carbons (Fsp3) is 0.200. The number of rotatable bonds is 4. The monoisotopic (exact) mass is 311 g/mol. The molecule has 0 saturated carbocycles. The van der Waals surface area contributed by atoms with E-state index in [2.05, 4.69) is 4.72 Å². The van der Waals surface area contributed by atoms with Gasteiger partial charge in [0.05, 0.1) is 4.90 Å². The summed E-state index contributed by atoms with van der Waals surface area (Å²) in [6.45, 7) is 3.61. The predicted octanol–water partition coefficient (Wildman–Crippen LogP) is 3.31. The zero-order valence-corrected chi connectivity index (χ0v) is 12.4. The molecule has 0 spiro atoms. The van der Waals surface area contributed by atoms with Crippen LogP contribution in [0.3, 0.4) is 0 Å². The van der Waals surface area contributed by atoms with Gasteiger partial charge in [0.1, 0.15) is 0 Å². The van der Waals surface area contributed by atoms with Gasteiger partial charge in [-0.3, -0.25) is 0 Å². The zero-order chi connectivity index (χ0) is 15.6. The molecule has 1 atom stereocenters. The van der Waals surface area contributed by atoms with Gasteiger partial charge in [0.25, 0.3) is 0 Å². The molecule has 0 saturated heterocycles. The van der Waals surface area contributed by atoms with Crippen LogP contribution in [0.2, 0.25) is 0 Å². The quantitative estimate of drug-likeness (QED) is 0.941. The first-order chi connectivity index (χ1) is 9.79. The number of benzene rings is 2. The molecule has 3 nitrogen and oxygen atoms in total. The van der Waals surface area contributed by atoms with E-state index in [-0.39, 0.29) is 4.90 Å². The molecule has 0 aliphatic heterocycles. The summed E-state index contributed by atoms with van der Waals surface area (Å²) in [7, 11) is -3.91.